The third-order valence-corrected chi connectivity index (χ3v) is 3.27. The maximum atomic E-state index is 13.4. The summed E-state index contributed by atoms with van der Waals surface area (Å²) < 4.78 is 18.4. The van der Waals surface area contributed by atoms with Crippen molar-refractivity contribution in [2.75, 3.05) is 7.11 Å². The van der Waals surface area contributed by atoms with Crippen LogP contribution in [0.15, 0.2) is 36.4 Å². The van der Waals surface area contributed by atoms with Crippen LogP contribution in [0.1, 0.15) is 10.4 Å². The summed E-state index contributed by atoms with van der Waals surface area (Å²) in [6, 6.07) is 9.18. The highest BCUT2D eigenvalue weighted by atomic mass is 19.1. The molecule has 7 heteroatoms. The van der Waals surface area contributed by atoms with Gasteiger partial charge in [0.05, 0.1) is 18.1 Å². The van der Waals surface area contributed by atoms with Crippen molar-refractivity contribution in [1.82, 2.24) is 15.4 Å². The van der Waals surface area contributed by atoms with E-state index >= 15 is 0 Å². The van der Waals surface area contributed by atoms with Gasteiger partial charge in [-0.15, -0.1) is 0 Å². The number of imidazole rings is 1. The van der Waals surface area contributed by atoms with Gasteiger partial charge in [0.2, 0.25) is 0 Å². The summed E-state index contributed by atoms with van der Waals surface area (Å²) in [5.74, 6) is -0.418. The van der Waals surface area contributed by atoms with E-state index in [1.807, 2.05) is 0 Å². The number of methoxy groups -OCH3 is 1. The number of nitrogens with zero attached hydrogens (tertiary/aromatic N) is 1. The zero-order valence-electron chi connectivity index (χ0n) is 11.6. The molecule has 0 saturated carbocycles. The first-order valence-corrected chi connectivity index (χ1v) is 6.40. The van der Waals surface area contributed by atoms with Crippen LogP contribution in [-0.2, 0) is 0 Å². The van der Waals surface area contributed by atoms with Crippen LogP contribution in [-0.4, -0.2) is 28.2 Å². The van der Waals surface area contributed by atoms with E-state index in [1.165, 1.54) is 19.2 Å². The monoisotopic (exact) mass is 301 g/mol. The topological polar surface area (TPSA) is 87.2 Å². The molecule has 2 aromatic carbocycles. The Hall–Kier alpha value is -2.93. The fourth-order valence-corrected chi connectivity index (χ4v) is 2.16. The second-order valence-electron chi connectivity index (χ2n) is 4.61. The van der Waals surface area contributed by atoms with Crippen molar-refractivity contribution in [1.29, 1.82) is 0 Å². The quantitative estimate of drug-likeness (QED) is 0.512. The van der Waals surface area contributed by atoms with E-state index in [1.54, 1.807) is 29.7 Å². The molecule has 22 heavy (non-hydrogen) atoms. The third kappa shape index (κ3) is 2.38. The van der Waals surface area contributed by atoms with E-state index < -0.39 is 11.7 Å². The number of hydroxylamine groups is 1. The summed E-state index contributed by atoms with van der Waals surface area (Å²) >= 11 is 0. The minimum atomic E-state index is -0.610. The molecule has 3 aromatic rings. The van der Waals surface area contributed by atoms with E-state index in [-0.39, 0.29) is 5.75 Å². The molecule has 0 atom stereocenters. The molecule has 0 aliphatic rings. The van der Waals surface area contributed by atoms with Crippen molar-refractivity contribution in [3.63, 3.8) is 0 Å². The smallest absolute Gasteiger partial charge is 0.274 e. The highest BCUT2D eigenvalue weighted by Gasteiger charge is 2.11. The zero-order valence-corrected chi connectivity index (χ0v) is 11.6. The number of carbonyl (C=O) groups excluding carboxylic acids is 1. The second kappa shape index (κ2) is 5.45. The molecule has 0 bridgehead atoms. The Morgan fingerprint density at radius 3 is 2.86 bits per heavy atom. The number of nitrogens with one attached hydrogen (secondary N) is 2. The molecule has 0 radical (unpaired) electrons. The summed E-state index contributed by atoms with van der Waals surface area (Å²) in [6.45, 7) is 0. The van der Waals surface area contributed by atoms with Gasteiger partial charge < -0.3 is 9.72 Å². The molecular weight excluding hydrogens is 289 g/mol. The zero-order chi connectivity index (χ0) is 15.7. The predicted molar refractivity (Wildman–Crippen MR) is 77.3 cm³/mol. The number of rotatable bonds is 3. The maximum absolute atomic E-state index is 13.4. The molecule has 6 nitrogen and oxygen atoms in total. The van der Waals surface area contributed by atoms with Gasteiger partial charge in [-0.05, 0) is 36.4 Å². The van der Waals surface area contributed by atoms with E-state index in [4.69, 9.17) is 9.94 Å². The van der Waals surface area contributed by atoms with Crippen molar-refractivity contribution in [3.8, 4) is 17.1 Å². The molecule has 0 fully saturated rings. The standard InChI is InChI=1S/C15H12FN3O3/c1-22-13-7-8(2-4-10(13)16)14-17-11-5-3-9(15(20)19-21)6-12(11)18-14/h2-7,21H,1H3,(H,17,18)(H,19,20). The number of benzene rings is 2. The minimum absolute atomic E-state index is 0.123. The second-order valence-corrected chi connectivity index (χ2v) is 4.61. The summed E-state index contributed by atoms with van der Waals surface area (Å²) in [5, 5.41) is 8.65. The lowest BCUT2D eigenvalue weighted by molar-refractivity contribution is 0.0706. The Bertz CT molecular complexity index is 860. The van der Waals surface area contributed by atoms with Crippen molar-refractivity contribution >= 4 is 16.9 Å². The lowest BCUT2D eigenvalue weighted by Crippen LogP contribution is -2.18. The maximum Gasteiger partial charge on any atom is 0.274 e. The van der Waals surface area contributed by atoms with Crippen LogP contribution in [0.4, 0.5) is 4.39 Å². The van der Waals surface area contributed by atoms with E-state index in [2.05, 4.69) is 9.97 Å². The SMILES string of the molecule is COc1cc(-c2nc3ccc(C(=O)NO)cc3[nH]2)ccc1F. The lowest BCUT2D eigenvalue weighted by Gasteiger charge is -2.03. The molecular formula is C15H12FN3O3. The van der Waals surface area contributed by atoms with Gasteiger partial charge in [0.25, 0.3) is 5.91 Å². The van der Waals surface area contributed by atoms with Gasteiger partial charge in [0, 0.05) is 11.1 Å². The van der Waals surface area contributed by atoms with Gasteiger partial charge >= 0.3 is 0 Å². The van der Waals surface area contributed by atoms with Crippen molar-refractivity contribution in [3.05, 3.63) is 47.8 Å². The van der Waals surface area contributed by atoms with Crippen LogP contribution in [0.2, 0.25) is 0 Å². The average Bonchev–Trinajstić information content (AvgIpc) is 2.97. The number of hydrogen-bond acceptors (Lipinski definition) is 4. The number of halogens is 1. The molecule has 0 unspecified atom stereocenters. The fourth-order valence-electron chi connectivity index (χ4n) is 2.16. The van der Waals surface area contributed by atoms with Crippen LogP contribution < -0.4 is 10.2 Å². The molecule has 0 aliphatic carbocycles. The minimum Gasteiger partial charge on any atom is -0.494 e. The van der Waals surface area contributed by atoms with E-state index in [9.17, 15) is 9.18 Å². The normalized spacial score (nSPS) is 10.7. The molecule has 0 aliphatic heterocycles. The summed E-state index contributed by atoms with van der Waals surface area (Å²) in [5.41, 5.74) is 3.79. The van der Waals surface area contributed by atoms with Gasteiger partial charge in [0.15, 0.2) is 11.6 Å². The van der Waals surface area contributed by atoms with Crippen LogP contribution in [0.3, 0.4) is 0 Å². The van der Waals surface area contributed by atoms with Gasteiger partial charge in [-0.25, -0.2) is 14.9 Å². The van der Waals surface area contributed by atoms with Gasteiger partial charge in [-0.2, -0.15) is 0 Å². The highest BCUT2D eigenvalue weighted by Crippen LogP contribution is 2.26. The van der Waals surface area contributed by atoms with Crippen molar-refractivity contribution < 1.29 is 19.1 Å². The molecule has 112 valence electrons. The Morgan fingerprint density at radius 2 is 2.14 bits per heavy atom. The molecule has 0 saturated heterocycles. The van der Waals surface area contributed by atoms with Gasteiger partial charge in [-0.1, -0.05) is 0 Å². The van der Waals surface area contributed by atoms with Crippen LogP contribution in [0.5, 0.6) is 5.75 Å². The number of fused-ring (bicyclic) bond motifs is 1. The highest BCUT2D eigenvalue weighted by molar-refractivity contribution is 5.97. The number of aromatic nitrogens is 2. The van der Waals surface area contributed by atoms with Gasteiger partial charge in [-0.3, -0.25) is 10.0 Å². The first-order chi connectivity index (χ1) is 10.6. The van der Waals surface area contributed by atoms with E-state index in [0.717, 1.165) is 0 Å². The number of carbonyl (C=O) groups is 1. The van der Waals surface area contributed by atoms with Crippen molar-refractivity contribution in [2.24, 2.45) is 0 Å². The first-order valence-electron chi connectivity index (χ1n) is 6.40. The molecule has 1 heterocycles. The molecule has 3 N–H and O–H groups in total. The summed E-state index contributed by atoms with van der Waals surface area (Å²) in [4.78, 5) is 18.8. The van der Waals surface area contributed by atoms with E-state index in [0.29, 0.717) is 28.0 Å². The summed E-state index contributed by atoms with van der Waals surface area (Å²) in [6.07, 6.45) is 0. The predicted octanol–water partition coefficient (Wildman–Crippen LogP) is 2.50. The van der Waals surface area contributed by atoms with Crippen LogP contribution >= 0.6 is 0 Å². The number of aromatic amines is 1. The Kier molecular flexibility index (Phi) is 3.48. The Labute approximate surface area is 124 Å². The number of H-pyrrole nitrogens is 1. The number of hydrogen-bond donors (Lipinski definition) is 3. The largest absolute Gasteiger partial charge is 0.494 e. The lowest BCUT2D eigenvalue weighted by atomic mass is 10.2. The average molecular weight is 301 g/mol. The molecule has 3 rings (SSSR count). The Balaban J connectivity index is 2.06. The van der Waals surface area contributed by atoms with Crippen molar-refractivity contribution in [2.45, 2.75) is 0 Å². The first kappa shape index (κ1) is 14.0. The third-order valence-electron chi connectivity index (χ3n) is 3.27. The Morgan fingerprint density at radius 1 is 1.32 bits per heavy atom. The van der Waals surface area contributed by atoms with Crippen LogP contribution in [0.25, 0.3) is 22.4 Å². The fraction of sp³-hybridized carbons (Fsp3) is 0.0667. The number of ether oxygens (including phenoxy) is 1. The molecule has 1 aromatic heterocycles. The number of amides is 1. The molecule has 0 spiro atoms. The molecule has 1 amide bonds. The van der Waals surface area contributed by atoms with Crippen LogP contribution in [0, 0.1) is 5.82 Å². The summed E-state index contributed by atoms with van der Waals surface area (Å²) in [7, 11) is 1.39. The van der Waals surface area contributed by atoms with Gasteiger partial charge in [0.1, 0.15) is 5.82 Å².